The number of anilines is 1. The van der Waals surface area contributed by atoms with Gasteiger partial charge in [0.05, 0.1) is 12.2 Å². The predicted octanol–water partition coefficient (Wildman–Crippen LogP) is 4.47. The van der Waals surface area contributed by atoms with Gasteiger partial charge in [0.25, 0.3) is 0 Å². The highest BCUT2D eigenvalue weighted by Gasteiger charge is 2.36. The molecule has 0 bridgehead atoms. The normalized spacial score (nSPS) is 15.6. The quantitative estimate of drug-likeness (QED) is 0.411. The maximum Gasteiger partial charge on any atom is 0.387 e. The number of carbonyl (C=O) groups excluding carboxylic acids is 1. The maximum atomic E-state index is 13.0. The molecule has 1 aliphatic rings. The Morgan fingerprint density at radius 3 is 2.71 bits per heavy atom. The van der Waals surface area contributed by atoms with E-state index in [0.717, 1.165) is 19.3 Å². The molecule has 0 amide bonds. The molecule has 1 aromatic heterocycles. The molecule has 168 valence electrons. The fraction of sp³-hybridized carbons (Fsp3) is 0.524. The average molecular weight is 435 g/mol. The molecule has 3 rings (SSSR count). The number of allylic oxidation sites excluding steroid dienone is 1. The molecule has 8 nitrogen and oxygen atoms in total. The molecule has 0 fully saturated rings. The van der Waals surface area contributed by atoms with Crippen molar-refractivity contribution in [1.82, 2.24) is 20.2 Å². The molecule has 31 heavy (non-hydrogen) atoms. The highest BCUT2D eigenvalue weighted by atomic mass is 19.3. The van der Waals surface area contributed by atoms with Crippen LogP contribution in [0.3, 0.4) is 0 Å². The molecule has 0 aliphatic carbocycles. The molecular weight excluding hydrogens is 408 g/mol. The van der Waals surface area contributed by atoms with Crippen molar-refractivity contribution in [2.45, 2.75) is 65.0 Å². The van der Waals surface area contributed by atoms with Crippen LogP contribution < -0.4 is 10.1 Å². The number of unbranched alkanes of at least 4 members (excludes halogenated alkanes) is 5. The number of nitrogens with one attached hydrogen (secondary N) is 1. The Balaban J connectivity index is 1.81. The summed E-state index contributed by atoms with van der Waals surface area (Å²) in [6, 6.07) is 5.41. The monoisotopic (exact) mass is 435 g/mol. The lowest BCUT2D eigenvalue weighted by atomic mass is 9.95. The van der Waals surface area contributed by atoms with Crippen LogP contribution in [0, 0.1) is 0 Å². The van der Waals surface area contributed by atoms with Gasteiger partial charge in [-0.1, -0.05) is 62.3 Å². The molecule has 2 aromatic rings. The van der Waals surface area contributed by atoms with Crippen molar-refractivity contribution < 1.29 is 23.0 Å². The summed E-state index contributed by atoms with van der Waals surface area (Å²) in [5.41, 5.74) is 1.08. The molecule has 0 radical (unpaired) electrons. The van der Waals surface area contributed by atoms with Gasteiger partial charge in [-0.15, -0.1) is 0 Å². The van der Waals surface area contributed by atoms with Crippen molar-refractivity contribution in [1.29, 1.82) is 0 Å². The molecule has 1 aromatic carbocycles. The zero-order valence-corrected chi connectivity index (χ0v) is 17.7. The second-order valence-electron chi connectivity index (χ2n) is 7.33. The van der Waals surface area contributed by atoms with Crippen LogP contribution in [0.1, 0.15) is 64.0 Å². The number of halogens is 2. The Morgan fingerprint density at radius 1 is 1.19 bits per heavy atom. The number of alkyl halides is 2. The van der Waals surface area contributed by atoms with Gasteiger partial charge in [-0.05, 0) is 29.8 Å². The number of tetrazole rings is 1. The van der Waals surface area contributed by atoms with E-state index in [1.54, 1.807) is 25.1 Å². The number of esters is 1. The number of nitrogens with zero attached hydrogens (tertiary/aromatic N) is 4. The van der Waals surface area contributed by atoms with Gasteiger partial charge in [0.15, 0.2) is 0 Å². The second kappa shape index (κ2) is 10.8. The number of rotatable bonds is 11. The fourth-order valence-corrected chi connectivity index (χ4v) is 3.60. The van der Waals surface area contributed by atoms with E-state index in [1.807, 2.05) is 0 Å². The number of benzene rings is 1. The van der Waals surface area contributed by atoms with Crippen molar-refractivity contribution in [3.05, 3.63) is 41.1 Å². The molecule has 0 unspecified atom stereocenters. The summed E-state index contributed by atoms with van der Waals surface area (Å²) < 4.78 is 37.5. The molecule has 1 N–H and O–H groups in total. The average Bonchev–Trinajstić information content (AvgIpc) is 3.20. The van der Waals surface area contributed by atoms with E-state index >= 15 is 0 Å². The number of para-hydroxylation sites is 1. The summed E-state index contributed by atoms with van der Waals surface area (Å²) in [7, 11) is 0. The summed E-state index contributed by atoms with van der Waals surface area (Å²) in [5, 5.41) is 14.5. The van der Waals surface area contributed by atoms with Crippen molar-refractivity contribution >= 4 is 11.9 Å². The summed E-state index contributed by atoms with van der Waals surface area (Å²) in [4.78, 5) is 13.0. The van der Waals surface area contributed by atoms with Crippen LogP contribution in [0.5, 0.6) is 5.75 Å². The maximum absolute atomic E-state index is 13.0. The fourth-order valence-electron chi connectivity index (χ4n) is 3.60. The summed E-state index contributed by atoms with van der Waals surface area (Å²) in [6.45, 7) is 1.13. The van der Waals surface area contributed by atoms with Crippen LogP contribution in [0.2, 0.25) is 0 Å². The van der Waals surface area contributed by atoms with E-state index in [4.69, 9.17) is 4.74 Å². The Labute approximate surface area is 179 Å². The Bertz CT molecular complexity index is 916. The SMILES string of the molecule is CCCCCCCCOC(=O)C1=C(C)Nc2nnnn2[C@@H]1c1ccccc1OC(F)F. The van der Waals surface area contributed by atoms with E-state index in [0.29, 0.717) is 17.2 Å². The predicted molar refractivity (Wildman–Crippen MR) is 110 cm³/mol. The number of ether oxygens (including phenoxy) is 2. The van der Waals surface area contributed by atoms with Gasteiger partial charge in [-0.25, -0.2) is 4.79 Å². The first-order chi connectivity index (χ1) is 15.0. The summed E-state index contributed by atoms with van der Waals surface area (Å²) >= 11 is 0. The minimum atomic E-state index is -3.01. The minimum absolute atomic E-state index is 0.0557. The zero-order valence-electron chi connectivity index (χ0n) is 17.7. The molecule has 1 aliphatic heterocycles. The van der Waals surface area contributed by atoms with Gasteiger partial charge in [0.2, 0.25) is 5.95 Å². The van der Waals surface area contributed by atoms with Gasteiger partial charge in [0, 0.05) is 11.3 Å². The lowest BCUT2D eigenvalue weighted by molar-refractivity contribution is -0.139. The highest BCUT2D eigenvalue weighted by Crippen LogP contribution is 2.39. The van der Waals surface area contributed by atoms with E-state index in [9.17, 15) is 13.6 Å². The molecule has 0 saturated heterocycles. The van der Waals surface area contributed by atoms with Crippen molar-refractivity contribution in [2.24, 2.45) is 0 Å². The number of aromatic nitrogens is 4. The highest BCUT2D eigenvalue weighted by molar-refractivity contribution is 5.92. The van der Waals surface area contributed by atoms with Gasteiger partial charge in [-0.3, -0.25) is 0 Å². The first-order valence-electron chi connectivity index (χ1n) is 10.5. The van der Waals surface area contributed by atoms with Crippen LogP contribution in [0.4, 0.5) is 14.7 Å². The molecule has 0 saturated carbocycles. The minimum Gasteiger partial charge on any atom is -0.462 e. The Morgan fingerprint density at radius 2 is 1.94 bits per heavy atom. The first kappa shape index (κ1) is 22.6. The lowest BCUT2D eigenvalue weighted by Gasteiger charge is -2.28. The molecule has 10 heteroatoms. The third-order valence-corrected chi connectivity index (χ3v) is 5.09. The van der Waals surface area contributed by atoms with E-state index in [1.165, 1.54) is 30.0 Å². The largest absolute Gasteiger partial charge is 0.462 e. The summed E-state index contributed by atoms with van der Waals surface area (Å²) in [6.07, 6.45) is 6.39. The van der Waals surface area contributed by atoms with Gasteiger partial charge in [-0.2, -0.15) is 13.5 Å². The first-order valence-corrected chi connectivity index (χ1v) is 10.5. The molecule has 1 atom stereocenters. The van der Waals surface area contributed by atoms with Crippen molar-refractivity contribution in [3.63, 3.8) is 0 Å². The molecule has 2 heterocycles. The van der Waals surface area contributed by atoms with E-state index in [-0.39, 0.29) is 17.9 Å². The van der Waals surface area contributed by atoms with Crippen LogP contribution in [-0.4, -0.2) is 39.4 Å². The zero-order chi connectivity index (χ0) is 22.2. The smallest absolute Gasteiger partial charge is 0.387 e. The molecular formula is C21H27F2N5O3. The van der Waals surface area contributed by atoms with Crippen molar-refractivity contribution in [2.75, 3.05) is 11.9 Å². The van der Waals surface area contributed by atoms with Crippen LogP contribution >= 0.6 is 0 Å². The Kier molecular flexibility index (Phi) is 7.91. The second-order valence-corrected chi connectivity index (χ2v) is 7.33. The van der Waals surface area contributed by atoms with E-state index < -0.39 is 18.6 Å². The van der Waals surface area contributed by atoms with Crippen LogP contribution in [-0.2, 0) is 9.53 Å². The van der Waals surface area contributed by atoms with Gasteiger partial charge in [0.1, 0.15) is 11.8 Å². The summed E-state index contributed by atoms with van der Waals surface area (Å²) in [5.74, 6) is -0.307. The third kappa shape index (κ3) is 5.56. The number of fused-ring (bicyclic) bond motifs is 1. The van der Waals surface area contributed by atoms with Crippen molar-refractivity contribution in [3.8, 4) is 5.75 Å². The number of hydrogen-bond acceptors (Lipinski definition) is 7. The standard InChI is InChI=1S/C21H27F2N5O3/c1-3-4-5-6-7-10-13-30-19(29)17-14(2)24-21-25-26-27-28(21)18(17)15-11-8-9-12-16(15)31-20(22)23/h8-9,11-12,18,20H,3-7,10,13H2,1-2H3,(H,24,25,27)/t18-/m1/s1. The van der Waals surface area contributed by atoms with E-state index in [2.05, 4.69) is 32.5 Å². The third-order valence-electron chi connectivity index (χ3n) is 5.09. The Hall–Kier alpha value is -3.04. The number of carbonyl (C=O) groups is 1. The number of hydrogen-bond donors (Lipinski definition) is 1. The van der Waals surface area contributed by atoms with Crippen LogP contribution in [0.15, 0.2) is 35.5 Å². The topological polar surface area (TPSA) is 91.2 Å². The molecule has 0 spiro atoms. The lowest BCUT2D eigenvalue weighted by Crippen LogP contribution is -2.30. The van der Waals surface area contributed by atoms with Crippen LogP contribution in [0.25, 0.3) is 0 Å². The van der Waals surface area contributed by atoms with Gasteiger partial charge < -0.3 is 14.8 Å². The van der Waals surface area contributed by atoms with Gasteiger partial charge >= 0.3 is 12.6 Å².